The van der Waals surface area contributed by atoms with Gasteiger partial charge in [-0.3, -0.25) is 4.79 Å². The predicted molar refractivity (Wildman–Crippen MR) is 107 cm³/mol. The summed E-state index contributed by atoms with van der Waals surface area (Å²) in [6, 6.07) is 15.5. The molecule has 28 heavy (non-hydrogen) atoms. The molecule has 0 aliphatic heterocycles. The van der Waals surface area contributed by atoms with Crippen LogP contribution >= 0.6 is 0 Å². The molecule has 0 radical (unpaired) electrons. The third kappa shape index (κ3) is 4.50. The van der Waals surface area contributed by atoms with Crippen molar-refractivity contribution in [3.8, 4) is 0 Å². The highest BCUT2D eigenvalue weighted by atomic mass is 16.5. The fraction of sp³-hybridized carbons (Fsp3) is 0.143. The third-order valence-corrected chi connectivity index (χ3v) is 3.96. The van der Waals surface area contributed by atoms with Crippen molar-refractivity contribution in [3.05, 3.63) is 77.1 Å². The van der Waals surface area contributed by atoms with Gasteiger partial charge < -0.3 is 15.4 Å². The first-order valence-electron chi connectivity index (χ1n) is 8.64. The van der Waals surface area contributed by atoms with Gasteiger partial charge in [0.1, 0.15) is 0 Å². The molecule has 0 saturated carbocycles. The van der Waals surface area contributed by atoms with Crippen molar-refractivity contribution in [2.45, 2.75) is 13.8 Å². The van der Waals surface area contributed by atoms with E-state index in [4.69, 9.17) is 4.74 Å². The Hall–Kier alpha value is -3.74. The van der Waals surface area contributed by atoms with Crippen LogP contribution in [0.1, 0.15) is 32.1 Å². The smallest absolute Gasteiger partial charge is 0.338 e. The Labute approximate surface area is 162 Å². The van der Waals surface area contributed by atoms with Gasteiger partial charge in [-0.25, -0.2) is 14.8 Å². The summed E-state index contributed by atoms with van der Waals surface area (Å²) in [5.41, 5.74) is 3.61. The Morgan fingerprint density at radius 2 is 1.43 bits per heavy atom. The molecule has 0 saturated heterocycles. The van der Waals surface area contributed by atoms with Crippen LogP contribution in [-0.4, -0.2) is 29.0 Å². The van der Waals surface area contributed by atoms with E-state index < -0.39 is 5.97 Å². The van der Waals surface area contributed by atoms with Crippen molar-refractivity contribution in [2.24, 2.45) is 0 Å². The fourth-order valence-electron chi connectivity index (χ4n) is 2.72. The van der Waals surface area contributed by atoms with Crippen LogP contribution in [0.2, 0.25) is 0 Å². The van der Waals surface area contributed by atoms with Gasteiger partial charge in [0.15, 0.2) is 0 Å². The SMILES string of the molecule is COC(=O)c1ccccc1C(=O)Nc1ccc(Nc2nc(C)cc(C)n2)cc1. The number of carbonyl (C=O) groups excluding carboxylic acids is 2. The lowest BCUT2D eigenvalue weighted by molar-refractivity contribution is 0.0597. The van der Waals surface area contributed by atoms with Crippen LogP contribution < -0.4 is 10.6 Å². The van der Waals surface area contributed by atoms with Crippen molar-refractivity contribution in [3.63, 3.8) is 0 Å². The number of aromatic nitrogens is 2. The van der Waals surface area contributed by atoms with Gasteiger partial charge in [0.2, 0.25) is 5.95 Å². The number of rotatable bonds is 5. The topological polar surface area (TPSA) is 93.2 Å². The third-order valence-electron chi connectivity index (χ3n) is 3.96. The second-order valence-corrected chi connectivity index (χ2v) is 6.17. The average Bonchev–Trinajstić information content (AvgIpc) is 2.68. The van der Waals surface area contributed by atoms with Gasteiger partial charge >= 0.3 is 5.97 Å². The van der Waals surface area contributed by atoms with Crippen LogP contribution in [0.5, 0.6) is 0 Å². The number of benzene rings is 2. The second kappa shape index (κ2) is 8.30. The summed E-state index contributed by atoms with van der Waals surface area (Å²) in [5.74, 6) is -0.431. The van der Waals surface area contributed by atoms with Gasteiger partial charge in [-0.15, -0.1) is 0 Å². The summed E-state index contributed by atoms with van der Waals surface area (Å²) in [6.45, 7) is 3.81. The van der Waals surface area contributed by atoms with E-state index in [2.05, 4.69) is 20.6 Å². The van der Waals surface area contributed by atoms with Crippen LogP contribution in [0.25, 0.3) is 0 Å². The number of nitrogens with one attached hydrogen (secondary N) is 2. The van der Waals surface area contributed by atoms with Crippen LogP contribution in [0.3, 0.4) is 0 Å². The molecule has 0 aliphatic carbocycles. The summed E-state index contributed by atoms with van der Waals surface area (Å²) in [7, 11) is 1.28. The first-order chi connectivity index (χ1) is 13.5. The lowest BCUT2D eigenvalue weighted by Gasteiger charge is -2.10. The van der Waals surface area contributed by atoms with Gasteiger partial charge in [-0.2, -0.15) is 0 Å². The van der Waals surface area contributed by atoms with E-state index in [0.29, 0.717) is 11.6 Å². The molecule has 2 N–H and O–H groups in total. The average molecular weight is 376 g/mol. The number of anilines is 3. The molecule has 0 fully saturated rings. The summed E-state index contributed by atoms with van der Waals surface area (Å²) in [6.07, 6.45) is 0. The zero-order valence-corrected chi connectivity index (χ0v) is 15.8. The molecule has 1 aromatic heterocycles. The number of hydrogen-bond acceptors (Lipinski definition) is 6. The first-order valence-corrected chi connectivity index (χ1v) is 8.64. The molecule has 3 aromatic rings. The number of esters is 1. The normalized spacial score (nSPS) is 10.2. The predicted octanol–water partition coefficient (Wildman–Crippen LogP) is 3.88. The van der Waals surface area contributed by atoms with Crippen LogP contribution in [-0.2, 0) is 4.74 Å². The molecule has 0 spiro atoms. The lowest BCUT2D eigenvalue weighted by Crippen LogP contribution is -2.17. The Morgan fingerprint density at radius 3 is 2.04 bits per heavy atom. The van der Waals surface area contributed by atoms with Crippen molar-refractivity contribution in [1.29, 1.82) is 0 Å². The number of hydrogen-bond donors (Lipinski definition) is 2. The molecule has 2 aromatic carbocycles. The van der Waals surface area contributed by atoms with Crippen molar-refractivity contribution in [2.75, 3.05) is 17.7 Å². The van der Waals surface area contributed by atoms with Gasteiger partial charge in [0.05, 0.1) is 18.2 Å². The molecule has 7 heteroatoms. The van der Waals surface area contributed by atoms with E-state index in [9.17, 15) is 9.59 Å². The largest absolute Gasteiger partial charge is 0.465 e. The maximum atomic E-state index is 12.6. The monoisotopic (exact) mass is 376 g/mol. The number of aryl methyl sites for hydroxylation is 2. The molecule has 7 nitrogen and oxygen atoms in total. The van der Waals surface area contributed by atoms with Crippen molar-refractivity contribution >= 4 is 29.2 Å². The summed E-state index contributed by atoms with van der Waals surface area (Å²) in [4.78, 5) is 33.1. The Bertz CT molecular complexity index is 996. The minimum absolute atomic E-state index is 0.216. The van der Waals surface area contributed by atoms with Crippen LogP contribution in [0, 0.1) is 13.8 Å². The highest BCUT2D eigenvalue weighted by molar-refractivity contribution is 6.11. The molecule has 0 bridgehead atoms. The Morgan fingerprint density at radius 1 is 0.857 bits per heavy atom. The minimum Gasteiger partial charge on any atom is -0.465 e. The molecule has 0 atom stereocenters. The first kappa shape index (κ1) is 19.0. The van der Waals surface area contributed by atoms with E-state index in [1.165, 1.54) is 7.11 Å². The van der Waals surface area contributed by atoms with E-state index in [1.807, 2.05) is 32.0 Å². The van der Waals surface area contributed by atoms with E-state index >= 15 is 0 Å². The molecular formula is C21H20N4O3. The highest BCUT2D eigenvalue weighted by Gasteiger charge is 2.17. The summed E-state index contributed by atoms with van der Waals surface area (Å²) < 4.78 is 4.73. The van der Waals surface area contributed by atoms with Gasteiger partial charge in [0, 0.05) is 22.8 Å². The molecule has 0 unspecified atom stereocenters. The van der Waals surface area contributed by atoms with Crippen molar-refractivity contribution in [1.82, 2.24) is 9.97 Å². The standard InChI is InChI=1S/C21H20N4O3/c1-13-12-14(2)23-21(22-13)25-16-10-8-15(9-11-16)24-19(26)17-6-4-5-7-18(17)20(27)28-3/h4-12H,1-3H3,(H,24,26)(H,22,23,25). The van der Waals surface area contributed by atoms with Crippen molar-refractivity contribution < 1.29 is 14.3 Å². The van der Waals surface area contributed by atoms with E-state index in [0.717, 1.165) is 17.1 Å². The zero-order chi connectivity index (χ0) is 20.1. The zero-order valence-electron chi connectivity index (χ0n) is 15.8. The second-order valence-electron chi connectivity index (χ2n) is 6.17. The summed E-state index contributed by atoms with van der Waals surface area (Å²) in [5, 5.41) is 5.91. The maximum absolute atomic E-state index is 12.6. The molecule has 0 aliphatic rings. The summed E-state index contributed by atoms with van der Waals surface area (Å²) >= 11 is 0. The van der Waals surface area contributed by atoms with Crippen LogP contribution in [0.4, 0.5) is 17.3 Å². The minimum atomic E-state index is -0.557. The number of methoxy groups -OCH3 is 1. The highest BCUT2D eigenvalue weighted by Crippen LogP contribution is 2.19. The molecule has 1 amide bonds. The number of carbonyl (C=O) groups is 2. The quantitative estimate of drug-likeness (QED) is 0.657. The molecule has 3 rings (SSSR count). The molecule has 1 heterocycles. The number of amides is 1. The maximum Gasteiger partial charge on any atom is 0.338 e. The lowest BCUT2D eigenvalue weighted by atomic mass is 10.1. The molecule has 142 valence electrons. The number of nitrogens with zero attached hydrogens (tertiary/aromatic N) is 2. The van der Waals surface area contributed by atoms with E-state index in [-0.39, 0.29) is 17.0 Å². The van der Waals surface area contributed by atoms with E-state index in [1.54, 1.807) is 36.4 Å². The number of ether oxygens (including phenoxy) is 1. The van der Waals surface area contributed by atoms with Gasteiger partial charge in [-0.1, -0.05) is 12.1 Å². The Kier molecular flexibility index (Phi) is 5.64. The Balaban J connectivity index is 1.72. The fourth-order valence-corrected chi connectivity index (χ4v) is 2.72. The molecular weight excluding hydrogens is 356 g/mol. The van der Waals surface area contributed by atoms with Gasteiger partial charge in [-0.05, 0) is 56.3 Å². The van der Waals surface area contributed by atoms with Gasteiger partial charge in [0.25, 0.3) is 5.91 Å². The van der Waals surface area contributed by atoms with Crippen LogP contribution in [0.15, 0.2) is 54.6 Å².